The second kappa shape index (κ2) is 6.28. The zero-order chi connectivity index (χ0) is 17.6. The van der Waals surface area contributed by atoms with Crippen molar-refractivity contribution >= 4 is 45.9 Å². The van der Waals surface area contributed by atoms with Crippen molar-refractivity contribution in [3.63, 3.8) is 0 Å². The van der Waals surface area contributed by atoms with Crippen LogP contribution < -0.4 is 5.73 Å². The number of hydrogen-bond acceptors (Lipinski definition) is 4. The van der Waals surface area contributed by atoms with E-state index in [1.54, 1.807) is 24.3 Å². The zero-order valence-electron chi connectivity index (χ0n) is 13.3. The predicted molar refractivity (Wildman–Crippen MR) is 97.1 cm³/mol. The summed E-state index contributed by atoms with van der Waals surface area (Å²) < 4.78 is 4.93. The number of halogens is 2. The number of carbonyl (C=O) groups excluding carboxylic acids is 1. The summed E-state index contributed by atoms with van der Waals surface area (Å²) in [5.41, 5.74) is 7.68. The molecule has 3 aromatic rings. The molecule has 1 aliphatic heterocycles. The average molecular weight is 379 g/mol. The molecule has 130 valence electrons. The Kier molecular flexibility index (Phi) is 4.09. The highest BCUT2D eigenvalue weighted by Gasteiger charge is 2.27. The third-order valence-corrected chi connectivity index (χ3v) is 5.14. The van der Waals surface area contributed by atoms with Crippen molar-refractivity contribution in [1.82, 2.24) is 15.0 Å². The molecule has 1 saturated heterocycles. The first-order valence-electron chi connectivity index (χ1n) is 8.00. The van der Waals surface area contributed by atoms with Crippen LogP contribution in [0.2, 0.25) is 10.0 Å². The molecule has 25 heavy (non-hydrogen) atoms. The molecule has 4 rings (SSSR count). The molecule has 2 aromatic heterocycles. The second-order valence-corrected chi connectivity index (χ2v) is 7.10. The van der Waals surface area contributed by atoms with Gasteiger partial charge in [-0.1, -0.05) is 28.4 Å². The highest BCUT2D eigenvalue weighted by Crippen LogP contribution is 2.31. The number of amides is 1. The first-order valence-corrected chi connectivity index (χ1v) is 8.76. The predicted octanol–water partition coefficient (Wildman–Crippen LogP) is 4.06. The van der Waals surface area contributed by atoms with Gasteiger partial charge in [-0.15, -0.1) is 0 Å². The van der Waals surface area contributed by atoms with Gasteiger partial charge in [0.2, 0.25) is 5.88 Å². The molecule has 1 amide bonds. The third kappa shape index (κ3) is 3.07. The van der Waals surface area contributed by atoms with E-state index in [0.29, 0.717) is 34.7 Å². The molecular formula is C17H16Cl2N4O2. The number of fused-ring (bicyclic) bond motifs is 1. The Bertz CT molecular complexity index is 941. The van der Waals surface area contributed by atoms with Crippen LogP contribution in [-0.4, -0.2) is 34.0 Å². The number of piperidine rings is 1. The van der Waals surface area contributed by atoms with Gasteiger partial charge in [0.05, 0.1) is 16.2 Å². The van der Waals surface area contributed by atoms with Gasteiger partial charge >= 0.3 is 0 Å². The minimum atomic E-state index is -0.0403. The molecule has 0 atom stereocenters. The summed E-state index contributed by atoms with van der Waals surface area (Å²) >= 11 is 12.2. The average Bonchev–Trinajstić information content (AvgIpc) is 3.21. The smallest absolute Gasteiger partial charge is 0.270 e. The molecule has 3 heterocycles. The summed E-state index contributed by atoms with van der Waals surface area (Å²) in [4.78, 5) is 17.7. The Morgan fingerprint density at radius 2 is 2.00 bits per heavy atom. The topological polar surface area (TPSA) is 88.1 Å². The summed E-state index contributed by atoms with van der Waals surface area (Å²) in [7, 11) is 0. The maximum atomic E-state index is 12.8. The van der Waals surface area contributed by atoms with Gasteiger partial charge in [-0.2, -0.15) is 0 Å². The number of hydrogen-bond donors (Lipinski definition) is 2. The number of benzene rings is 1. The molecular weight excluding hydrogens is 363 g/mol. The van der Waals surface area contributed by atoms with Crippen LogP contribution in [-0.2, 0) is 0 Å². The number of nitrogens with one attached hydrogen (secondary N) is 1. The SMILES string of the molecule is Nc1cc(C2CCN(C(=O)c3cc4cc(Cl)cc(Cl)c4[nH]3)CC2)no1. The first kappa shape index (κ1) is 16.3. The Labute approximate surface area is 153 Å². The van der Waals surface area contributed by atoms with Gasteiger partial charge in [-0.25, -0.2) is 0 Å². The molecule has 0 radical (unpaired) electrons. The van der Waals surface area contributed by atoms with E-state index in [2.05, 4.69) is 10.1 Å². The number of nitrogens with two attached hydrogens (primary N) is 1. The number of H-pyrrole nitrogens is 1. The van der Waals surface area contributed by atoms with Crippen LogP contribution in [0.1, 0.15) is 34.9 Å². The summed E-state index contributed by atoms with van der Waals surface area (Å²) in [6.07, 6.45) is 1.65. The second-order valence-electron chi connectivity index (χ2n) is 6.26. The van der Waals surface area contributed by atoms with Gasteiger partial charge in [-0.3, -0.25) is 4.79 Å². The van der Waals surface area contributed by atoms with Crippen molar-refractivity contribution in [2.24, 2.45) is 0 Å². The third-order valence-electron chi connectivity index (χ3n) is 4.62. The van der Waals surface area contributed by atoms with Gasteiger partial charge in [0, 0.05) is 35.5 Å². The molecule has 0 unspecified atom stereocenters. The van der Waals surface area contributed by atoms with Crippen LogP contribution in [0, 0.1) is 0 Å². The van der Waals surface area contributed by atoms with Crippen molar-refractivity contribution in [2.45, 2.75) is 18.8 Å². The lowest BCUT2D eigenvalue weighted by molar-refractivity contribution is 0.0706. The highest BCUT2D eigenvalue weighted by atomic mass is 35.5. The molecule has 0 spiro atoms. The summed E-state index contributed by atoms with van der Waals surface area (Å²) in [5, 5.41) is 5.85. The zero-order valence-corrected chi connectivity index (χ0v) is 14.8. The van der Waals surface area contributed by atoms with Crippen LogP contribution in [0.4, 0.5) is 5.88 Å². The van der Waals surface area contributed by atoms with Crippen molar-refractivity contribution in [3.8, 4) is 0 Å². The van der Waals surface area contributed by atoms with E-state index >= 15 is 0 Å². The fraction of sp³-hybridized carbons (Fsp3) is 0.294. The summed E-state index contributed by atoms with van der Waals surface area (Å²) in [5.74, 6) is 0.546. The van der Waals surface area contributed by atoms with Crippen molar-refractivity contribution in [2.75, 3.05) is 18.8 Å². The molecule has 3 N–H and O–H groups in total. The molecule has 0 saturated carbocycles. The maximum absolute atomic E-state index is 12.8. The van der Waals surface area contributed by atoms with Crippen LogP contribution >= 0.6 is 23.2 Å². The van der Waals surface area contributed by atoms with E-state index in [-0.39, 0.29) is 11.8 Å². The van der Waals surface area contributed by atoms with E-state index in [1.807, 2.05) is 4.90 Å². The molecule has 0 aliphatic carbocycles. The lowest BCUT2D eigenvalue weighted by Crippen LogP contribution is -2.38. The van der Waals surface area contributed by atoms with E-state index in [9.17, 15) is 4.79 Å². The Morgan fingerprint density at radius 3 is 2.68 bits per heavy atom. The van der Waals surface area contributed by atoms with Gasteiger partial charge in [0.15, 0.2) is 0 Å². The van der Waals surface area contributed by atoms with Crippen LogP contribution in [0.25, 0.3) is 10.9 Å². The van der Waals surface area contributed by atoms with Crippen LogP contribution in [0.5, 0.6) is 0 Å². The fourth-order valence-electron chi connectivity index (χ4n) is 3.33. The molecule has 1 aromatic carbocycles. The van der Waals surface area contributed by atoms with Gasteiger partial charge < -0.3 is 20.1 Å². The lowest BCUT2D eigenvalue weighted by atomic mass is 9.93. The van der Waals surface area contributed by atoms with Crippen molar-refractivity contribution < 1.29 is 9.32 Å². The van der Waals surface area contributed by atoms with Crippen molar-refractivity contribution in [3.05, 3.63) is 45.7 Å². The normalized spacial score (nSPS) is 15.8. The monoisotopic (exact) mass is 378 g/mol. The highest BCUT2D eigenvalue weighted by molar-refractivity contribution is 6.38. The molecule has 1 aliphatic rings. The van der Waals surface area contributed by atoms with Gasteiger partial charge in [-0.05, 0) is 31.0 Å². The number of anilines is 1. The number of carbonyl (C=O) groups is 1. The number of aromatic amines is 1. The molecule has 1 fully saturated rings. The largest absolute Gasteiger partial charge is 0.368 e. The number of nitrogens with zero attached hydrogens (tertiary/aromatic N) is 2. The minimum Gasteiger partial charge on any atom is -0.368 e. The van der Waals surface area contributed by atoms with Gasteiger partial charge in [0.1, 0.15) is 5.69 Å². The number of rotatable bonds is 2. The summed E-state index contributed by atoms with van der Waals surface area (Å²) in [6, 6.07) is 6.99. The molecule has 8 heteroatoms. The quantitative estimate of drug-likeness (QED) is 0.703. The number of nitrogen functional groups attached to an aromatic ring is 1. The Hall–Kier alpha value is -2.18. The maximum Gasteiger partial charge on any atom is 0.270 e. The van der Waals surface area contributed by atoms with Crippen LogP contribution in [0.15, 0.2) is 28.8 Å². The van der Waals surface area contributed by atoms with Crippen LogP contribution in [0.3, 0.4) is 0 Å². The molecule has 6 nitrogen and oxygen atoms in total. The number of aromatic nitrogens is 2. The Balaban J connectivity index is 1.50. The van der Waals surface area contributed by atoms with E-state index in [4.69, 9.17) is 33.5 Å². The first-order chi connectivity index (χ1) is 12.0. The van der Waals surface area contributed by atoms with E-state index < -0.39 is 0 Å². The summed E-state index contributed by atoms with van der Waals surface area (Å²) in [6.45, 7) is 1.31. The fourth-order valence-corrected chi connectivity index (χ4v) is 3.88. The lowest BCUT2D eigenvalue weighted by Gasteiger charge is -2.30. The minimum absolute atomic E-state index is 0.0403. The van der Waals surface area contributed by atoms with Crippen molar-refractivity contribution in [1.29, 1.82) is 0 Å². The van der Waals surface area contributed by atoms with E-state index in [0.717, 1.165) is 29.4 Å². The van der Waals surface area contributed by atoms with Gasteiger partial charge in [0.25, 0.3) is 5.91 Å². The Morgan fingerprint density at radius 1 is 1.24 bits per heavy atom. The van der Waals surface area contributed by atoms with E-state index in [1.165, 1.54) is 0 Å². The molecule has 0 bridgehead atoms. The number of likely N-dealkylation sites (tertiary alicyclic amines) is 1. The standard InChI is InChI=1S/C17H16Cl2N4O2/c18-11-5-10-6-14(21-16(10)12(19)7-11)17(24)23-3-1-9(2-4-23)13-8-15(20)25-22-13/h5-9,21H,1-4,20H2.